The van der Waals surface area contributed by atoms with Crippen LogP contribution in [-0.2, 0) is 0 Å². The van der Waals surface area contributed by atoms with Crippen molar-refractivity contribution >= 4 is 17.6 Å². The molecule has 0 atom stereocenters. The molecule has 4 rings (SSSR count). The molecule has 2 heterocycles. The quantitative estimate of drug-likeness (QED) is 0.618. The van der Waals surface area contributed by atoms with Crippen molar-refractivity contribution in [3.63, 3.8) is 0 Å². The average Bonchev–Trinajstić information content (AvgIpc) is 3.47. The van der Waals surface area contributed by atoms with Crippen LogP contribution in [0.1, 0.15) is 41.7 Å². The van der Waals surface area contributed by atoms with Gasteiger partial charge >= 0.3 is 6.03 Å². The second kappa shape index (κ2) is 7.75. The Labute approximate surface area is 167 Å². The minimum Gasteiger partial charge on any atom is -0.507 e. The minimum atomic E-state index is -0.295. The second-order valence-electron chi connectivity index (χ2n) is 6.90. The number of nitrogens with one attached hydrogen (secondary N) is 2. The van der Waals surface area contributed by atoms with Gasteiger partial charge in [-0.2, -0.15) is 9.78 Å². The maximum absolute atomic E-state index is 12.3. The Hall–Kier alpha value is -3.68. The SMILES string of the molecule is CCNC(=O)n1nc(-c2ccc(NC(=O)c3ccncc3)cc2O)cc1C1CC1. The number of carbonyl (C=O) groups excluding carboxylic acids is 2. The number of aromatic nitrogens is 3. The van der Waals surface area contributed by atoms with E-state index < -0.39 is 0 Å². The van der Waals surface area contributed by atoms with Crippen LogP contribution in [0.15, 0.2) is 48.8 Å². The third-order valence-corrected chi connectivity index (χ3v) is 4.73. The van der Waals surface area contributed by atoms with Gasteiger partial charge in [0.05, 0.1) is 11.4 Å². The smallest absolute Gasteiger partial charge is 0.342 e. The molecular weight excluding hydrogens is 370 g/mol. The summed E-state index contributed by atoms with van der Waals surface area (Å²) in [7, 11) is 0. The van der Waals surface area contributed by atoms with Gasteiger partial charge in [0.1, 0.15) is 5.75 Å². The summed E-state index contributed by atoms with van der Waals surface area (Å²) in [5.74, 6) is -0.00330. The van der Waals surface area contributed by atoms with Gasteiger partial charge in [0, 0.05) is 47.7 Å². The summed E-state index contributed by atoms with van der Waals surface area (Å²) in [6, 6.07) is 9.62. The van der Waals surface area contributed by atoms with Gasteiger partial charge in [0.2, 0.25) is 0 Å². The summed E-state index contributed by atoms with van der Waals surface area (Å²) < 4.78 is 1.38. The van der Waals surface area contributed by atoms with Crippen molar-refractivity contribution in [2.24, 2.45) is 0 Å². The molecule has 1 aliphatic rings. The van der Waals surface area contributed by atoms with Crippen LogP contribution in [0, 0.1) is 0 Å². The number of anilines is 1. The van der Waals surface area contributed by atoms with E-state index in [1.807, 2.05) is 13.0 Å². The van der Waals surface area contributed by atoms with Gasteiger partial charge in [-0.3, -0.25) is 9.78 Å². The van der Waals surface area contributed by atoms with Gasteiger partial charge < -0.3 is 15.7 Å². The molecule has 0 aliphatic heterocycles. The van der Waals surface area contributed by atoms with Crippen molar-refractivity contribution < 1.29 is 14.7 Å². The summed E-state index contributed by atoms with van der Waals surface area (Å²) in [4.78, 5) is 28.5. The molecule has 0 bridgehead atoms. The van der Waals surface area contributed by atoms with Gasteiger partial charge in [-0.05, 0) is 50.1 Å². The first-order chi connectivity index (χ1) is 14.1. The summed E-state index contributed by atoms with van der Waals surface area (Å²) >= 11 is 0. The lowest BCUT2D eigenvalue weighted by Gasteiger charge is -2.08. The van der Waals surface area contributed by atoms with E-state index in [0.29, 0.717) is 35.0 Å². The highest BCUT2D eigenvalue weighted by Crippen LogP contribution is 2.42. The zero-order chi connectivity index (χ0) is 20.4. The summed E-state index contributed by atoms with van der Waals surface area (Å²) in [6.45, 7) is 2.36. The molecule has 148 valence electrons. The number of amides is 2. The monoisotopic (exact) mass is 391 g/mol. The van der Waals surface area contributed by atoms with E-state index in [4.69, 9.17) is 0 Å². The Kier molecular flexibility index (Phi) is 4.99. The highest BCUT2D eigenvalue weighted by molar-refractivity contribution is 6.04. The van der Waals surface area contributed by atoms with Crippen LogP contribution < -0.4 is 10.6 Å². The van der Waals surface area contributed by atoms with Gasteiger partial charge in [0.25, 0.3) is 5.91 Å². The molecule has 0 spiro atoms. The Morgan fingerprint density at radius 2 is 1.93 bits per heavy atom. The fraction of sp³-hybridized carbons (Fsp3) is 0.238. The highest BCUT2D eigenvalue weighted by Gasteiger charge is 2.30. The van der Waals surface area contributed by atoms with E-state index in [1.165, 1.54) is 23.1 Å². The topological polar surface area (TPSA) is 109 Å². The Morgan fingerprint density at radius 3 is 2.59 bits per heavy atom. The lowest BCUT2D eigenvalue weighted by Crippen LogP contribution is -2.30. The number of aromatic hydroxyl groups is 1. The number of benzene rings is 1. The van der Waals surface area contributed by atoms with E-state index in [9.17, 15) is 14.7 Å². The van der Waals surface area contributed by atoms with Gasteiger partial charge in [-0.15, -0.1) is 0 Å². The number of phenols is 1. The van der Waals surface area contributed by atoms with Crippen molar-refractivity contribution in [2.45, 2.75) is 25.7 Å². The first kappa shape index (κ1) is 18.7. The lowest BCUT2D eigenvalue weighted by atomic mass is 10.1. The van der Waals surface area contributed by atoms with Crippen molar-refractivity contribution in [3.05, 3.63) is 60.0 Å². The zero-order valence-electron chi connectivity index (χ0n) is 15.9. The molecule has 2 aromatic heterocycles. The van der Waals surface area contributed by atoms with Gasteiger partial charge in [0.15, 0.2) is 0 Å². The average molecular weight is 391 g/mol. The number of rotatable bonds is 5. The summed E-state index contributed by atoms with van der Waals surface area (Å²) in [6.07, 6.45) is 5.13. The van der Waals surface area contributed by atoms with Crippen LogP contribution in [0.4, 0.5) is 10.5 Å². The van der Waals surface area contributed by atoms with Crippen molar-refractivity contribution in [1.29, 1.82) is 0 Å². The predicted octanol–water partition coefficient (Wildman–Crippen LogP) is 3.36. The molecular formula is C21H21N5O3. The first-order valence-corrected chi connectivity index (χ1v) is 9.49. The number of hydrogen-bond acceptors (Lipinski definition) is 5. The van der Waals surface area contributed by atoms with Crippen molar-refractivity contribution in [3.8, 4) is 17.0 Å². The van der Waals surface area contributed by atoms with Crippen LogP contribution in [0.2, 0.25) is 0 Å². The number of nitrogens with zero attached hydrogens (tertiary/aromatic N) is 3. The fourth-order valence-corrected chi connectivity index (χ4v) is 3.12. The van der Waals surface area contributed by atoms with Gasteiger partial charge in [-0.1, -0.05) is 0 Å². The van der Waals surface area contributed by atoms with Crippen LogP contribution in [-0.4, -0.2) is 38.4 Å². The zero-order valence-corrected chi connectivity index (χ0v) is 15.9. The van der Waals surface area contributed by atoms with E-state index >= 15 is 0 Å². The van der Waals surface area contributed by atoms with Crippen molar-refractivity contribution in [1.82, 2.24) is 20.1 Å². The molecule has 1 fully saturated rings. The molecule has 1 aliphatic carbocycles. The number of hydrogen-bond donors (Lipinski definition) is 3. The molecule has 2 amide bonds. The molecule has 0 unspecified atom stereocenters. The maximum atomic E-state index is 12.3. The predicted molar refractivity (Wildman–Crippen MR) is 108 cm³/mol. The van der Waals surface area contributed by atoms with Gasteiger partial charge in [-0.25, -0.2) is 4.79 Å². The molecule has 3 N–H and O–H groups in total. The summed E-state index contributed by atoms with van der Waals surface area (Å²) in [5, 5.41) is 20.4. The van der Waals surface area contributed by atoms with E-state index in [2.05, 4.69) is 20.7 Å². The fourth-order valence-electron chi connectivity index (χ4n) is 3.12. The highest BCUT2D eigenvalue weighted by atomic mass is 16.3. The minimum absolute atomic E-state index is 0.0274. The molecule has 29 heavy (non-hydrogen) atoms. The standard InChI is InChI=1S/C21H21N5O3/c1-2-23-21(29)26-18(13-3-4-13)12-17(25-26)16-6-5-15(11-19(16)27)24-20(28)14-7-9-22-10-8-14/h5-13,27H,2-4H2,1H3,(H,23,29)(H,24,28). The molecule has 0 saturated heterocycles. The largest absolute Gasteiger partial charge is 0.507 e. The normalized spacial score (nSPS) is 13.1. The third-order valence-electron chi connectivity index (χ3n) is 4.73. The second-order valence-corrected chi connectivity index (χ2v) is 6.90. The molecule has 0 radical (unpaired) electrons. The van der Waals surface area contributed by atoms with E-state index in [0.717, 1.165) is 18.5 Å². The molecule has 3 aromatic rings. The van der Waals surface area contributed by atoms with Crippen molar-refractivity contribution in [2.75, 3.05) is 11.9 Å². The summed E-state index contributed by atoms with van der Waals surface area (Å²) in [5.41, 5.74) is 2.79. The first-order valence-electron chi connectivity index (χ1n) is 9.49. The molecule has 1 saturated carbocycles. The van der Waals surface area contributed by atoms with Crippen LogP contribution >= 0.6 is 0 Å². The third kappa shape index (κ3) is 3.96. The lowest BCUT2D eigenvalue weighted by molar-refractivity contribution is 0.102. The Bertz CT molecular complexity index is 1060. The maximum Gasteiger partial charge on any atom is 0.342 e. The van der Waals surface area contributed by atoms with Crippen LogP contribution in [0.25, 0.3) is 11.3 Å². The molecule has 8 nitrogen and oxygen atoms in total. The molecule has 1 aromatic carbocycles. The molecule has 8 heteroatoms. The Morgan fingerprint density at radius 1 is 1.17 bits per heavy atom. The number of phenolic OH excluding ortho intramolecular Hbond substituents is 1. The van der Waals surface area contributed by atoms with E-state index in [1.54, 1.807) is 24.3 Å². The van der Waals surface area contributed by atoms with E-state index in [-0.39, 0.29) is 17.7 Å². The van der Waals surface area contributed by atoms with Crippen LogP contribution in [0.3, 0.4) is 0 Å². The van der Waals surface area contributed by atoms with Crippen LogP contribution in [0.5, 0.6) is 5.75 Å². The number of pyridine rings is 1. The Balaban J connectivity index is 1.59. The number of carbonyl (C=O) groups is 2.